The topological polar surface area (TPSA) is 23.5 Å². The molecule has 1 aliphatic carbocycles. The fraction of sp³-hybridized carbons (Fsp3) is 0.647. The van der Waals surface area contributed by atoms with Gasteiger partial charge in [0.25, 0.3) is 0 Å². The molecule has 1 N–H and O–H groups in total. The Hall–Kier alpha value is -0.860. The van der Waals surface area contributed by atoms with Gasteiger partial charge in [0.05, 0.1) is 0 Å². The van der Waals surface area contributed by atoms with E-state index in [1.807, 2.05) is 0 Å². The van der Waals surface area contributed by atoms with Crippen LogP contribution in [0.3, 0.4) is 0 Å². The zero-order valence-corrected chi connectivity index (χ0v) is 12.2. The fourth-order valence-corrected chi connectivity index (χ4v) is 2.87. The van der Waals surface area contributed by atoms with Crippen LogP contribution in [0.15, 0.2) is 18.2 Å². The van der Waals surface area contributed by atoms with Crippen LogP contribution in [-0.4, -0.2) is 36.8 Å². The van der Waals surface area contributed by atoms with Crippen LogP contribution in [-0.2, 0) is 19.3 Å². The zero-order chi connectivity index (χ0) is 13.5. The molecule has 0 radical (unpaired) electrons. The van der Waals surface area contributed by atoms with Crippen molar-refractivity contribution in [2.45, 2.75) is 44.9 Å². The molecule has 0 aromatic heterocycles. The molecule has 0 amide bonds. The number of fused-ring (bicyclic) bond motifs is 1. The normalized spacial score (nSPS) is 14.7. The van der Waals surface area contributed by atoms with Crippen LogP contribution in [0.2, 0.25) is 0 Å². The summed E-state index contributed by atoms with van der Waals surface area (Å²) in [5.74, 6) is 0. The summed E-state index contributed by atoms with van der Waals surface area (Å²) in [6.07, 6.45) is 8.42. The van der Waals surface area contributed by atoms with E-state index < -0.39 is 0 Å². The number of hydrogen-bond acceptors (Lipinski definition) is 2. The number of unbranched alkanes of at least 4 members (excludes halogenated alkanes) is 1. The maximum absolute atomic E-state index is 8.78. The number of aliphatic hydroxyl groups is 1. The van der Waals surface area contributed by atoms with Crippen LogP contribution in [0.4, 0.5) is 0 Å². The van der Waals surface area contributed by atoms with E-state index in [1.165, 1.54) is 31.2 Å². The number of aliphatic hydroxyl groups excluding tert-OH is 1. The first-order valence-corrected chi connectivity index (χ1v) is 7.69. The molecule has 0 aliphatic heterocycles. The molecule has 0 fully saturated rings. The van der Waals surface area contributed by atoms with E-state index in [1.54, 1.807) is 11.1 Å². The standard InChI is InChI=1S/C17H27NO/c1-18(11-4-5-13-19)12-10-15-8-9-16-6-2-3-7-17(16)14-15/h8-9,14,19H,2-7,10-13H2,1H3. The number of rotatable bonds is 7. The van der Waals surface area contributed by atoms with Gasteiger partial charge in [0.2, 0.25) is 0 Å². The Bertz CT molecular complexity index is 389. The Labute approximate surface area is 117 Å². The maximum atomic E-state index is 8.78. The van der Waals surface area contributed by atoms with Crippen molar-refractivity contribution in [1.29, 1.82) is 0 Å². The molecule has 0 bridgehead atoms. The molecule has 0 saturated heterocycles. The van der Waals surface area contributed by atoms with Crippen molar-refractivity contribution >= 4 is 0 Å². The minimum atomic E-state index is 0.318. The highest BCUT2D eigenvalue weighted by atomic mass is 16.2. The first kappa shape index (κ1) is 14.5. The summed E-state index contributed by atoms with van der Waals surface area (Å²) in [5.41, 5.74) is 4.65. The molecular weight excluding hydrogens is 234 g/mol. The van der Waals surface area contributed by atoms with Gasteiger partial charge >= 0.3 is 0 Å². The molecule has 106 valence electrons. The molecule has 1 aromatic rings. The number of benzene rings is 1. The Morgan fingerprint density at radius 1 is 1.05 bits per heavy atom. The van der Waals surface area contributed by atoms with Crippen LogP contribution in [0, 0.1) is 0 Å². The zero-order valence-electron chi connectivity index (χ0n) is 12.2. The highest BCUT2D eigenvalue weighted by Crippen LogP contribution is 2.22. The van der Waals surface area contributed by atoms with E-state index in [9.17, 15) is 0 Å². The van der Waals surface area contributed by atoms with Crippen molar-refractivity contribution in [3.8, 4) is 0 Å². The van der Waals surface area contributed by atoms with Gasteiger partial charge in [0, 0.05) is 13.2 Å². The summed E-state index contributed by atoms with van der Waals surface area (Å²) in [7, 11) is 2.18. The Morgan fingerprint density at radius 3 is 2.63 bits per heavy atom. The van der Waals surface area contributed by atoms with Gasteiger partial charge in [-0.05, 0) is 75.2 Å². The largest absolute Gasteiger partial charge is 0.396 e. The van der Waals surface area contributed by atoms with E-state index in [-0.39, 0.29) is 0 Å². The van der Waals surface area contributed by atoms with Gasteiger partial charge < -0.3 is 10.0 Å². The monoisotopic (exact) mass is 261 g/mol. The lowest BCUT2D eigenvalue weighted by Crippen LogP contribution is -2.22. The first-order valence-electron chi connectivity index (χ1n) is 7.69. The number of likely N-dealkylation sites (N-methyl/N-ethyl adjacent to an activating group) is 1. The molecule has 2 heteroatoms. The minimum Gasteiger partial charge on any atom is -0.396 e. The van der Waals surface area contributed by atoms with E-state index >= 15 is 0 Å². The Morgan fingerprint density at radius 2 is 1.84 bits per heavy atom. The van der Waals surface area contributed by atoms with Crippen molar-refractivity contribution < 1.29 is 5.11 Å². The summed E-state index contributed by atoms with van der Waals surface area (Å²) < 4.78 is 0. The van der Waals surface area contributed by atoms with Gasteiger partial charge in [-0.3, -0.25) is 0 Å². The van der Waals surface area contributed by atoms with Gasteiger partial charge in [-0.1, -0.05) is 18.2 Å². The molecule has 0 saturated carbocycles. The quantitative estimate of drug-likeness (QED) is 0.763. The van der Waals surface area contributed by atoms with Crippen molar-refractivity contribution in [3.05, 3.63) is 34.9 Å². The summed E-state index contributed by atoms with van der Waals surface area (Å²) in [5, 5.41) is 8.78. The second kappa shape index (κ2) is 7.66. The molecule has 0 atom stereocenters. The van der Waals surface area contributed by atoms with Crippen molar-refractivity contribution in [1.82, 2.24) is 4.90 Å². The van der Waals surface area contributed by atoms with Crippen molar-refractivity contribution in [3.63, 3.8) is 0 Å². The second-order valence-corrected chi connectivity index (χ2v) is 5.79. The highest BCUT2D eigenvalue weighted by molar-refractivity contribution is 5.33. The Kier molecular flexibility index (Phi) is 5.87. The summed E-state index contributed by atoms with van der Waals surface area (Å²) in [4.78, 5) is 2.37. The third kappa shape index (κ3) is 4.63. The lowest BCUT2D eigenvalue weighted by Gasteiger charge is -2.19. The van der Waals surface area contributed by atoms with Crippen molar-refractivity contribution in [2.24, 2.45) is 0 Å². The minimum absolute atomic E-state index is 0.318. The molecule has 2 rings (SSSR count). The van der Waals surface area contributed by atoms with Gasteiger partial charge in [-0.25, -0.2) is 0 Å². The molecule has 1 aliphatic rings. The highest BCUT2D eigenvalue weighted by Gasteiger charge is 2.09. The van der Waals surface area contributed by atoms with Crippen LogP contribution in [0.1, 0.15) is 42.4 Å². The van der Waals surface area contributed by atoms with Gasteiger partial charge in [0.1, 0.15) is 0 Å². The number of aryl methyl sites for hydroxylation is 2. The molecule has 2 nitrogen and oxygen atoms in total. The van der Waals surface area contributed by atoms with Crippen LogP contribution < -0.4 is 0 Å². The van der Waals surface area contributed by atoms with Gasteiger partial charge in [0.15, 0.2) is 0 Å². The van der Waals surface area contributed by atoms with Crippen LogP contribution >= 0.6 is 0 Å². The molecule has 0 heterocycles. The smallest absolute Gasteiger partial charge is 0.0431 e. The predicted octanol–water partition coefficient (Wildman–Crippen LogP) is 2.81. The Balaban J connectivity index is 1.79. The van der Waals surface area contributed by atoms with E-state index in [2.05, 4.69) is 30.1 Å². The first-order chi connectivity index (χ1) is 9.29. The molecule has 19 heavy (non-hydrogen) atoms. The summed E-state index contributed by atoms with van der Waals surface area (Å²) in [6, 6.07) is 7.08. The van der Waals surface area contributed by atoms with Gasteiger partial charge in [-0.2, -0.15) is 0 Å². The average Bonchev–Trinajstić information content (AvgIpc) is 2.45. The van der Waals surface area contributed by atoms with Crippen molar-refractivity contribution in [2.75, 3.05) is 26.7 Å². The lowest BCUT2D eigenvalue weighted by atomic mass is 9.90. The average molecular weight is 261 g/mol. The predicted molar refractivity (Wildman–Crippen MR) is 80.6 cm³/mol. The molecule has 0 unspecified atom stereocenters. The fourth-order valence-electron chi connectivity index (χ4n) is 2.87. The molecule has 1 aromatic carbocycles. The summed E-state index contributed by atoms with van der Waals surface area (Å²) >= 11 is 0. The van der Waals surface area contributed by atoms with Gasteiger partial charge in [-0.15, -0.1) is 0 Å². The van der Waals surface area contributed by atoms with Crippen LogP contribution in [0.25, 0.3) is 0 Å². The molecule has 0 spiro atoms. The SMILES string of the molecule is CN(CCCCO)CCc1ccc2c(c1)CCCC2. The van der Waals surface area contributed by atoms with E-state index in [4.69, 9.17) is 5.11 Å². The lowest BCUT2D eigenvalue weighted by molar-refractivity contribution is 0.264. The summed E-state index contributed by atoms with van der Waals surface area (Å²) in [6.45, 7) is 2.52. The maximum Gasteiger partial charge on any atom is 0.0431 e. The van der Waals surface area contributed by atoms with E-state index in [0.29, 0.717) is 6.61 Å². The third-order valence-corrected chi connectivity index (χ3v) is 4.14. The van der Waals surface area contributed by atoms with Crippen LogP contribution in [0.5, 0.6) is 0 Å². The number of nitrogens with zero attached hydrogens (tertiary/aromatic N) is 1. The third-order valence-electron chi connectivity index (χ3n) is 4.14. The molecular formula is C17H27NO. The second-order valence-electron chi connectivity index (χ2n) is 5.79. The number of hydrogen-bond donors (Lipinski definition) is 1. The van der Waals surface area contributed by atoms with E-state index in [0.717, 1.165) is 32.4 Å².